The summed E-state index contributed by atoms with van der Waals surface area (Å²) in [7, 11) is 0. The van der Waals surface area contributed by atoms with Crippen molar-refractivity contribution in [1.82, 2.24) is 9.47 Å². The van der Waals surface area contributed by atoms with Gasteiger partial charge in [-0.1, -0.05) is 30.3 Å². The molecule has 29 heavy (non-hydrogen) atoms. The lowest BCUT2D eigenvalue weighted by Crippen LogP contribution is -2.49. The van der Waals surface area contributed by atoms with E-state index in [2.05, 4.69) is 6.07 Å². The van der Waals surface area contributed by atoms with Crippen molar-refractivity contribution in [2.45, 2.75) is 43.2 Å². The third-order valence-electron chi connectivity index (χ3n) is 5.11. The van der Waals surface area contributed by atoms with Crippen molar-refractivity contribution in [2.75, 3.05) is 13.1 Å². The molecule has 0 saturated carbocycles. The highest BCUT2D eigenvalue weighted by Crippen LogP contribution is 2.32. The maximum absolute atomic E-state index is 13.5. The second-order valence-corrected chi connectivity index (χ2v) is 8.63. The number of carbonyl (C=O) groups excluding carboxylic acids is 1. The molecule has 4 nitrogen and oxygen atoms in total. The van der Waals surface area contributed by atoms with E-state index in [1.54, 1.807) is 23.9 Å². The Hall–Kier alpha value is -2.31. The number of rotatable bonds is 5. The first-order chi connectivity index (χ1) is 14.0. The van der Waals surface area contributed by atoms with Gasteiger partial charge in [0.05, 0.1) is 12.2 Å². The molecule has 0 unspecified atom stereocenters. The number of halogens is 1. The average molecular weight is 413 g/mol. The third-order valence-corrected chi connectivity index (χ3v) is 6.23. The second-order valence-electron chi connectivity index (χ2n) is 7.61. The van der Waals surface area contributed by atoms with E-state index in [-0.39, 0.29) is 23.9 Å². The first kappa shape index (κ1) is 20.0. The molecule has 2 heterocycles. The quantitative estimate of drug-likeness (QED) is 0.569. The van der Waals surface area contributed by atoms with Crippen LogP contribution in [0.25, 0.3) is 10.9 Å². The fraction of sp³-hybridized carbons (Fsp3) is 0.348. The molecule has 0 radical (unpaired) electrons. The minimum atomic E-state index is -0.218. The van der Waals surface area contributed by atoms with Gasteiger partial charge in [-0.05, 0) is 37.6 Å². The van der Waals surface area contributed by atoms with Crippen molar-refractivity contribution >= 4 is 28.6 Å². The van der Waals surface area contributed by atoms with E-state index < -0.39 is 0 Å². The summed E-state index contributed by atoms with van der Waals surface area (Å²) in [5, 5.41) is 1.12. The van der Waals surface area contributed by atoms with Gasteiger partial charge in [-0.3, -0.25) is 4.79 Å². The smallest absolute Gasteiger partial charge is 0.242 e. The number of aromatic nitrogens is 1. The number of hydrogen-bond acceptors (Lipinski definition) is 3. The first-order valence-electron chi connectivity index (χ1n) is 9.88. The van der Waals surface area contributed by atoms with Crippen LogP contribution in [0, 0.1) is 5.82 Å². The molecule has 3 aromatic rings. The highest BCUT2D eigenvalue weighted by Gasteiger charge is 2.26. The van der Waals surface area contributed by atoms with E-state index in [1.165, 1.54) is 6.07 Å². The van der Waals surface area contributed by atoms with E-state index in [4.69, 9.17) is 4.74 Å². The summed E-state index contributed by atoms with van der Waals surface area (Å²) in [5.41, 5.74) is 1.98. The average Bonchev–Trinajstić information content (AvgIpc) is 3.03. The van der Waals surface area contributed by atoms with Crippen LogP contribution in [0.4, 0.5) is 4.39 Å². The molecule has 0 bridgehead atoms. The number of carbonyl (C=O) groups is 1. The Morgan fingerprint density at radius 3 is 2.66 bits per heavy atom. The fourth-order valence-electron chi connectivity index (χ4n) is 3.87. The predicted octanol–water partition coefficient (Wildman–Crippen LogP) is 4.71. The van der Waals surface area contributed by atoms with Crippen molar-refractivity contribution in [1.29, 1.82) is 0 Å². The van der Waals surface area contributed by atoms with Gasteiger partial charge >= 0.3 is 0 Å². The molecular weight excluding hydrogens is 387 g/mol. The van der Waals surface area contributed by atoms with Gasteiger partial charge in [0.25, 0.3) is 0 Å². The van der Waals surface area contributed by atoms with Crippen LogP contribution in [-0.2, 0) is 21.8 Å². The zero-order valence-corrected chi connectivity index (χ0v) is 17.5. The number of morpholine rings is 1. The lowest BCUT2D eigenvalue weighted by molar-refractivity contribution is -0.143. The maximum atomic E-state index is 13.5. The third kappa shape index (κ3) is 4.65. The predicted molar refractivity (Wildman–Crippen MR) is 114 cm³/mol. The largest absolute Gasteiger partial charge is 0.372 e. The number of ether oxygens (including phenoxy) is 1. The molecule has 0 spiro atoms. The lowest BCUT2D eigenvalue weighted by Gasteiger charge is -2.35. The molecule has 1 saturated heterocycles. The van der Waals surface area contributed by atoms with Gasteiger partial charge in [-0.2, -0.15) is 0 Å². The summed E-state index contributed by atoms with van der Waals surface area (Å²) in [6, 6.07) is 14.8. The zero-order chi connectivity index (χ0) is 20.4. The number of nitrogens with zero attached hydrogens (tertiary/aromatic N) is 2. The Bertz CT molecular complexity index is 1010. The molecular formula is C23H25FN2O2S. The van der Waals surface area contributed by atoms with Crippen molar-refractivity contribution in [3.63, 3.8) is 0 Å². The number of para-hydroxylation sites is 1. The van der Waals surface area contributed by atoms with Crippen molar-refractivity contribution in [3.05, 3.63) is 66.1 Å². The topological polar surface area (TPSA) is 34.5 Å². The van der Waals surface area contributed by atoms with Crippen LogP contribution < -0.4 is 0 Å². The Labute approximate surface area is 174 Å². The highest BCUT2D eigenvalue weighted by atomic mass is 32.2. The molecule has 2 atom stereocenters. The molecule has 1 aliphatic heterocycles. The van der Waals surface area contributed by atoms with Crippen LogP contribution in [0.3, 0.4) is 0 Å². The van der Waals surface area contributed by atoms with E-state index in [1.807, 2.05) is 53.8 Å². The van der Waals surface area contributed by atoms with Gasteiger partial charge in [0.15, 0.2) is 0 Å². The minimum Gasteiger partial charge on any atom is -0.372 e. The lowest BCUT2D eigenvalue weighted by atomic mass is 10.2. The van der Waals surface area contributed by atoms with Crippen LogP contribution in [0.5, 0.6) is 0 Å². The number of fused-ring (bicyclic) bond motifs is 1. The van der Waals surface area contributed by atoms with Crippen LogP contribution in [0.15, 0.2) is 59.6 Å². The maximum Gasteiger partial charge on any atom is 0.242 e. The number of amides is 1. The van der Waals surface area contributed by atoms with E-state index in [0.29, 0.717) is 25.4 Å². The van der Waals surface area contributed by atoms with Crippen LogP contribution in [0.1, 0.15) is 19.4 Å². The molecule has 2 aromatic carbocycles. The summed E-state index contributed by atoms with van der Waals surface area (Å²) in [5.74, 6) is 0.567. The summed E-state index contributed by atoms with van der Waals surface area (Å²) < 4.78 is 21.2. The van der Waals surface area contributed by atoms with Gasteiger partial charge in [-0.25, -0.2) is 4.39 Å². The van der Waals surface area contributed by atoms with Crippen molar-refractivity contribution in [2.24, 2.45) is 0 Å². The van der Waals surface area contributed by atoms with Gasteiger partial charge in [0, 0.05) is 40.8 Å². The summed E-state index contributed by atoms with van der Waals surface area (Å²) in [6.07, 6.45) is 2.16. The second kappa shape index (κ2) is 8.59. The van der Waals surface area contributed by atoms with Crippen molar-refractivity contribution in [3.8, 4) is 0 Å². The molecule has 1 aromatic heterocycles. The Kier molecular flexibility index (Phi) is 5.92. The monoisotopic (exact) mass is 412 g/mol. The molecule has 152 valence electrons. The normalized spacial score (nSPS) is 19.6. The minimum absolute atomic E-state index is 0.0569. The zero-order valence-electron chi connectivity index (χ0n) is 16.7. The Morgan fingerprint density at radius 1 is 1.14 bits per heavy atom. The highest BCUT2D eigenvalue weighted by molar-refractivity contribution is 7.98. The SMILES string of the molecule is C[C@H]1CN(C(=O)Cn2cc(SCc3cccc(F)c3)c3ccccc32)C[C@H](C)O1. The molecule has 0 N–H and O–H groups in total. The number of thioether (sulfide) groups is 1. The summed E-state index contributed by atoms with van der Waals surface area (Å²) in [6.45, 7) is 5.57. The molecule has 1 aliphatic rings. The van der Waals surface area contributed by atoms with Gasteiger partial charge in [-0.15, -0.1) is 11.8 Å². The van der Waals surface area contributed by atoms with E-state index >= 15 is 0 Å². The Morgan fingerprint density at radius 2 is 1.90 bits per heavy atom. The van der Waals surface area contributed by atoms with E-state index in [0.717, 1.165) is 21.4 Å². The van der Waals surface area contributed by atoms with Crippen LogP contribution >= 0.6 is 11.8 Å². The van der Waals surface area contributed by atoms with Gasteiger partial charge < -0.3 is 14.2 Å². The molecule has 1 amide bonds. The van der Waals surface area contributed by atoms with Crippen molar-refractivity contribution < 1.29 is 13.9 Å². The van der Waals surface area contributed by atoms with Crippen LogP contribution in [-0.4, -0.2) is 40.7 Å². The standard InChI is InChI=1S/C23H25FN2O2S/c1-16-11-26(12-17(2)28-16)23(27)14-25-13-22(20-8-3-4-9-21(20)25)29-15-18-6-5-7-19(24)10-18/h3-10,13,16-17H,11-12,14-15H2,1-2H3/t16-,17-/m0/s1. The molecule has 6 heteroatoms. The number of hydrogen-bond donors (Lipinski definition) is 0. The molecule has 4 rings (SSSR count). The fourth-order valence-corrected chi connectivity index (χ4v) is 4.91. The van der Waals surface area contributed by atoms with Gasteiger partial charge in [0.2, 0.25) is 5.91 Å². The molecule has 0 aliphatic carbocycles. The van der Waals surface area contributed by atoms with E-state index in [9.17, 15) is 9.18 Å². The summed E-state index contributed by atoms with van der Waals surface area (Å²) in [4.78, 5) is 15.9. The molecule has 1 fully saturated rings. The van der Waals surface area contributed by atoms with Gasteiger partial charge in [0.1, 0.15) is 12.4 Å². The Balaban J connectivity index is 1.53. The number of benzene rings is 2. The summed E-state index contributed by atoms with van der Waals surface area (Å²) >= 11 is 1.66. The first-order valence-corrected chi connectivity index (χ1v) is 10.9. The van der Waals surface area contributed by atoms with Crippen LogP contribution in [0.2, 0.25) is 0 Å².